The summed E-state index contributed by atoms with van der Waals surface area (Å²) in [5.41, 5.74) is 0. The summed E-state index contributed by atoms with van der Waals surface area (Å²) in [6, 6.07) is 2.04. The SMILES string of the molecule is Cc1cc2c(NCC(=O)NCCCN3CCOCC3)ncnc2s1. The number of anilines is 1. The van der Waals surface area contributed by atoms with Gasteiger partial charge in [-0.15, -0.1) is 11.3 Å². The minimum Gasteiger partial charge on any atom is -0.379 e. The number of hydrogen-bond donors (Lipinski definition) is 2. The van der Waals surface area contributed by atoms with E-state index in [2.05, 4.69) is 25.5 Å². The van der Waals surface area contributed by atoms with Crippen LogP contribution < -0.4 is 10.6 Å². The zero-order chi connectivity index (χ0) is 16.8. The first-order chi connectivity index (χ1) is 11.7. The molecular formula is C16H23N5O2S. The lowest BCUT2D eigenvalue weighted by Crippen LogP contribution is -2.38. The number of nitrogens with zero attached hydrogens (tertiary/aromatic N) is 3. The number of fused-ring (bicyclic) bond motifs is 1. The normalized spacial score (nSPS) is 15.5. The highest BCUT2D eigenvalue weighted by atomic mass is 32.1. The molecule has 0 bridgehead atoms. The Hall–Kier alpha value is -1.77. The molecule has 1 saturated heterocycles. The molecule has 8 heteroatoms. The number of carbonyl (C=O) groups excluding carboxylic acids is 1. The molecule has 0 aromatic carbocycles. The van der Waals surface area contributed by atoms with Crippen LogP contribution in [0.5, 0.6) is 0 Å². The second kappa shape index (κ2) is 8.36. The summed E-state index contributed by atoms with van der Waals surface area (Å²) < 4.78 is 5.32. The van der Waals surface area contributed by atoms with Gasteiger partial charge < -0.3 is 15.4 Å². The molecule has 0 aliphatic carbocycles. The predicted octanol–water partition coefficient (Wildman–Crippen LogP) is 1.25. The first kappa shape index (κ1) is 17.1. The van der Waals surface area contributed by atoms with Crippen molar-refractivity contribution in [2.45, 2.75) is 13.3 Å². The van der Waals surface area contributed by atoms with Gasteiger partial charge >= 0.3 is 0 Å². The Morgan fingerprint density at radius 1 is 1.38 bits per heavy atom. The molecule has 0 atom stereocenters. The van der Waals surface area contributed by atoms with Crippen LogP contribution in [0.15, 0.2) is 12.4 Å². The van der Waals surface area contributed by atoms with Crippen LogP contribution in [-0.2, 0) is 9.53 Å². The maximum atomic E-state index is 12.0. The van der Waals surface area contributed by atoms with Crippen LogP contribution in [0.4, 0.5) is 5.82 Å². The van der Waals surface area contributed by atoms with Crippen molar-refractivity contribution in [1.82, 2.24) is 20.2 Å². The third-order valence-corrected chi connectivity index (χ3v) is 4.90. The lowest BCUT2D eigenvalue weighted by Gasteiger charge is -2.26. The molecule has 7 nitrogen and oxygen atoms in total. The van der Waals surface area contributed by atoms with E-state index >= 15 is 0 Å². The molecule has 0 saturated carbocycles. The van der Waals surface area contributed by atoms with Crippen molar-refractivity contribution in [1.29, 1.82) is 0 Å². The number of ether oxygens (including phenoxy) is 1. The van der Waals surface area contributed by atoms with Crippen LogP contribution in [0.1, 0.15) is 11.3 Å². The molecule has 1 fully saturated rings. The number of thiophene rings is 1. The van der Waals surface area contributed by atoms with Gasteiger partial charge in [0.2, 0.25) is 5.91 Å². The average molecular weight is 349 g/mol. The molecule has 2 aromatic heterocycles. The molecule has 3 rings (SSSR count). The number of amides is 1. The van der Waals surface area contributed by atoms with Gasteiger partial charge in [0.05, 0.1) is 25.1 Å². The van der Waals surface area contributed by atoms with E-state index < -0.39 is 0 Å². The Morgan fingerprint density at radius 2 is 2.21 bits per heavy atom. The highest BCUT2D eigenvalue weighted by Crippen LogP contribution is 2.27. The third-order valence-electron chi connectivity index (χ3n) is 3.95. The Morgan fingerprint density at radius 3 is 3.04 bits per heavy atom. The van der Waals surface area contributed by atoms with E-state index in [0.717, 1.165) is 49.5 Å². The summed E-state index contributed by atoms with van der Waals surface area (Å²) in [5.74, 6) is 0.698. The smallest absolute Gasteiger partial charge is 0.239 e. The fraction of sp³-hybridized carbons (Fsp3) is 0.562. The third kappa shape index (κ3) is 4.62. The van der Waals surface area contributed by atoms with Crippen molar-refractivity contribution in [2.75, 3.05) is 51.3 Å². The lowest BCUT2D eigenvalue weighted by molar-refractivity contribution is -0.119. The van der Waals surface area contributed by atoms with E-state index in [1.54, 1.807) is 11.3 Å². The minimum atomic E-state index is -0.0179. The summed E-state index contributed by atoms with van der Waals surface area (Å²) >= 11 is 1.63. The van der Waals surface area contributed by atoms with E-state index in [9.17, 15) is 4.79 Å². The van der Waals surface area contributed by atoms with Gasteiger partial charge in [0, 0.05) is 24.5 Å². The number of nitrogens with one attached hydrogen (secondary N) is 2. The van der Waals surface area contributed by atoms with Crippen LogP contribution in [0.2, 0.25) is 0 Å². The summed E-state index contributed by atoms with van der Waals surface area (Å²) in [6.45, 7) is 7.54. The number of carbonyl (C=O) groups is 1. The highest BCUT2D eigenvalue weighted by Gasteiger charge is 2.10. The van der Waals surface area contributed by atoms with Gasteiger partial charge in [0.25, 0.3) is 0 Å². The molecule has 3 heterocycles. The second-order valence-electron chi connectivity index (χ2n) is 5.81. The Labute approximate surface area is 145 Å². The molecule has 0 radical (unpaired) electrons. The molecule has 1 aliphatic heterocycles. The highest BCUT2D eigenvalue weighted by molar-refractivity contribution is 7.18. The van der Waals surface area contributed by atoms with Crippen LogP contribution in [0.25, 0.3) is 10.2 Å². The maximum absolute atomic E-state index is 12.0. The Balaban J connectivity index is 1.38. The fourth-order valence-electron chi connectivity index (χ4n) is 2.70. The van der Waals surface area contributed by atoms with Gasteiger partial charge in [0.1, 0.15) is 17.0 Å². The van der Waals surface area contributed by atoms with Crippen molar-refractivity contribution >= 4 is 33.3 Å². The van der Waals surface area contributed by atoms with E-state index in [1.165, 1.54) is 11.2 Å². The first-order valence-electron chi connectivity index (χ1n) is 8.24. The van der Waals surface area contributed by atoms with E-state index in [-0.39, 0.29) is 12.5 Å². The summed E-state index contributed by atoms with van der Waals surface area (Å²) in [6.07, 6.45) is 2.48. The van der Waals surface area contributed by atoms with Gasteiger partial charge in [0.15, 0.2) is 0 Å². The molecule has 130 valence electrons. The van der Waals surface area contributed by atoms with Crippen molar-refractivity contribution in [3.63, 3.8) is 0 Å². The largest absolute Gasteiger partial charge is 0.379 e. The number of aromatic nitrogens is 2. The van der Waals surface area contributed by atoms with Crippen molar-refractivity contribution < 1.29 is 9.53 Å². The van der Waals surface area contributed by atoms with Gasteiger partial charge in [-0.3, -0.25) is 9.69 Å². The van der Waals surface area contributed by atoms with Gasteiger partial charge in [-0.25, -0.2) is 9.97 Å². The number of morpholine rings is 1. The van der Waals surface area contributed by atoms with Crippen LogP contribution in [0, 0.1) is 6.92 Å². The van der Waals surface area contributed by atoms with Crippen molar-refractivity contribution in [2.24, 2.45) is 0 Å². The van der Waals surface area contributed by atoms with Crippen molar-refractivity contribution in [3.8, 4) is 0 Å². The zero-order valence-corrected chi connectivity index (χ0v) is 14.7. The molecular weight excluding hydrogens is 326 g/mol. The monoisotopic (exact) mass is 349 g/mol. The molecule has 1 amide bonds. The standard InChI is InChI=1S/C16H23N5O2S/c1-12-9-13-15(19-11-20-16(13)24-12)18-10-14(22)17-3-2-4-21-5-7-23-8-6-21/h9,11H,2-8,10H2,1H3,(H,17,22)(H,18,19,20). The summed E-state index contributed by atoms with van der Waals surface area (Å²) in [4.78, 5) is 24.9. The van der Waals surface area contributed by atoms with Crippen LogP contribution in [-0.4, -0.2) is 66.7 Å². The number of hydrogen-bond acceptors (Lipinski definition) is 7. The van der Waals surface area contributed by atoms with E-state index in [1.807, 2.05) is 13.0 Å². The molecule has 1 aliphatic rings. The molecule has 0 spiro atoms. The molecule has 2 N–H and O–H groups in total. The Kier molecular flexibility index (Phi) is 5.95. The Bertz CT molecular complexity index is 684. The quantitative estimate of drug-likeness (QED) is 0.733. The van der Waals surface area contributed by atoms with Gasteiger partial charge in [-0.05, 0) is 26.0 Å². The van der Waals surface area contributed by atoms with Crippen molar-refractivity contribution in [3.05, 3.63) is 17.3 Å². The second-order valence-corrected chi connectivity index (χ2v) is 7.04. The first-order valence-corrected chi connectivity index (χ1v) is 9.06. The van der Waals surface area contributed by atoms with Crippen LogP contribution >= 0.6 is 11.3 Å². The topological polar surface area (TPSA) is 79.4 Å². The zero-order valence-electron chi connectivity index (χ0n) is 13.9. The van der Waals surface area contributed by atoms with Crippen LogP contribution in [0.3, 0.4) is 0 Å². The summed E-state index contributed by atoms with van der Waals surface area (Å²) in [7, 11) is 0. The average Bonchev–Trinajstić information content (AvgIpc) is 2.98. The minimum absolute atomic E-state index is 0.0179. The molecule has 0 unspecified atom stereocenters. The fourth-order valence-corrected chi connectivity index (χ4v) is 3.55. The number of rotatable bonds is 7. The molecule has 24 heavy (non-hydrogen) atoms. The lowest BCUT2D eigenvalue weighted by atomic mass is 10.3. The van der Waals surface area contributed by atoms with E-state index in [4.69, 9.17) is 4.74 Å². The van der Waals surface area contributed by atoms with Gasteiger partial charge in [-0.1, -0.05) is 0 Å². The van der Waals surface area contributed by atoms with Gasteiger partial charge in [-0.2, -0.15) is 0 Å². The maximum Gasteiger partial charge on any atom is 0.239 e. The molecule has 2 aromatic rings. The summed E-state index contributed by atoms with van der Waals surface area (Å²) in [5, 5.41) is 7.03. The predicted molar refractivity (Wildman–Crippen MR) is 95.5 cm³/mol. The number of aryl methyl sites for hydroxylation is 1. The van der Waals surface area contributed by atoms with E-state index in [0.29, 0.717) is 12.4 Å².